The van der Waals surface area contributed by atoms with E-state index < -0.39 is 5.76 Å². The second-order valence-electron chi connectivity index (χ2n) is 10.9. The average molecular weight is 514 g/mol. The number of hydrogen-bond acceptors (Lipinski definition) is 5. The van der Waals surface area contributed by atoms with Crippen LogP contribution in [0.5, 0.6) is 0 Å². The number of hydrogen-bond donors (Lipinski definition) is 2. The molecule has 1 saturated carbocycles. The molecule has 2 fully saturated rings. The van der Waals surface area contributed by atoms with Crippen molar-refractivity contribution in [2.24, 2.45) is 5.92 Å². The van der Waals surface area contributed by atoms with E-state index in [1.54, 1.807) is 0 Å². The molecule has 0 spiro atoms. The number of rotatable bonds is 7. The van der Waals surface area contributed by atoms with Crippen LogP contribution in [0.15, 0.2) is 57.8 Å². The van der Waals surface area contributed by atoms with Gasteiger partial charge in [-0.25, -0.2) is 4.79 Å². The first-order valence-corrected chi connectivity index (χ1v) is 13.8. The normalized spacial score (nSPS) is 18.8. The highest BCUT2D eigenvalue weighted by atomic mass is 16.5. The lowest BCUT2D eigenvalue weighted by Gasteiger charge is -2.24. The second kappa shape index (κ2) is 10.6. The van der Waals surface area contributed by atoms with Gasteiger partial charge >= 0.3 is 5.76 Å². The first-order valence-electron chi connectivity index (χ1n) is 13.8. The first kappa shape index (κ1) is 24.7. The van der Waals surface area contributed by atoms with Crippen molar-refractivity contribution in [3.63, 3.8) is 0 Å². The summed E-state index contributed by atoms with van der Waals surface area (Å²) >= 11 is 0. The summed E-state index contributed by atoms with van der Waals surface area (Å²) in [7, 11) is 2.13. The van der Waals surface area contributed by atoms with Crippen molar-refractivity contribution in [3.05, 3.63) is 64.6 Å². The van der Waals surface area contributed by atoms with Gasteiger partial charge in [-0.1, -0.05) is 66.9 Å². The maximum absolute atomic E-state index is 13.4. The van der Waals surface area contributed by atoms with E-state index >= 15 is 0 Å². The predicted octanol–water partition coefficient (Wildman–Crippen LogP) is 4.77. The first-order chi connectivity index (χ1) is 18.6. The fourth-order valence-electron chi connectivity index (χ4n) is 6.40. The molecule has 1 amide bonds. The Hall–Kier alpha value is -3.65. The third-order valence-corrected chi connectivity index (χ3v) is 8.26. The quantitative estimate of drug-likeness (QED) is 0.371. The zero-order valence-electron chi connectivity index (χ0n) is 21.9. The Bertz CT molecular complexity index is 1480. The van der Waals surface area contributed by atoms with Crippen molar-refractivity contribution in [3.8, 4) is 22.6 Å². The summed E-state index contributed by atoms with van der Waals surface area (Å²) in [4.78, 5) is 30.0. The molecule has 2 aliphatic rings. The van der Waals surface area contributed by atoms with E-state index in [1.165, 1.54) is 24.8 Å². The van der Waals surface area contributed by atoms with E-state index in [9.17, 15) is 9.59 Å². The number of fused-ring (bicyclic) bond motifs is 1. The topological polar surface area (TPSA) is 96.2 Å². The van der Waals surface area contributed by atoms with Gasteiger partial charge in [-0.05, 0) is 61.9 Å². The lowest BCUT2D eigenvalue weighted by molar-refractivity contribution is -0.121. The van der Waals surface area contributed by atoms with Gasteiger partial charge < -0.3 is 14.8 Å². The molecule has 1 saturated heterocycles. The Balaban J connectivity index is 1.46. The minimum Gasteiger partial charge on any atom is -0.354 e. The summed E-state index contributed by atoms with van der Waals surface area (Å²) in [5.41, 5.74) is 5.30. The summed E-state index contributed by atoms with van der Waals surface area (Å²) in [5, 5.41) is 8.28. The Kier molecular flexibility index (Phi) is 6.89. The van der Waals surface area contributed by atoms with Crippen molar-refractivity contribution in [2.45, 2.75) is 51.0 Å². The summed E-state index contributed by atoms with van der Waals surface area (Å²) in [6, 6.07) is 16.6. The number of carbonyl (C=O) groups is 1. The molecule has 8 heteroatoms. The van der Waals surface area contributed by atoms with Gasteiger partial charge in [-0.15, -0.1) is 0 Å². The molecule has 2 aromatic carbocycles. The summed E-state index contributed by atoms with van der Waals surface area (Å²) in [6.07, 6.45) is 7.14. The van der Waals surface area contributed by atoms with Crippen molar-refractivity contribution in [2.75, 3.05) is 26.7 Å². The second-order valence-corrected chi connectivity index (χ2v) is 10.9. The van der Waals surface area contributed by atoms with Crippen LogP contribution in [0, 0.1) is 5.92 Å². The summed E-state index contributed by atoms with van der Waals surface area (Å²) < 4.78 is 6.94. The van der Waals surface area contributed by atoms with Gasteiger partial charge in [0, 0.05) is 24.0 Å². The molecule has 1 aliphatic heterocycles. The van der Waals surface area contributed by atoms with Crippen LogP contribution in [0.1, 0.15) is 50.0 Å². The van der Waals surface area contributed by atoms with Crippen molar-refractivity contribution >= 4 is 16.8 Å². The van der Waals surface area contributed by atoms with E-state index in [4.69, 9.17) is 4.52 Å². The van der Waals surface area contributed by atoms with E-state index in [2.05, 4.69) is 62.3 Å². The molecule has 1 atom stereocenters. The van der Waals surface area contributed by atoms with Crippen LogP contribution in [-0.2, 0) is 11.3 Å². The number of aromatic nitrogens is 3. The molecule has 1 aliphatic carbocycles. The minimum absolute atomic E-state index is 0.0177. The Morgan fingerprint density at radius 2 is 1.89 bits per heavy atom. The number of likely N-dealkylation sites (tertiary alicyclic amines) is 1. The third-order valence-electron chi connectivity index (χ3n) is 8.26. The van der Waals surface area contributed by atoms with Gasteiger partial charge in [0.25, 0.3) is 0 Å². The number of H-pyrrole nitrogens is 1. The molecule has 8 nitrogen and oxygen atoms in total. The summed E-state index contributed by atoms with van der Waals surface area (Å²) in [6.45, 7) is 3.03. The average Bonchev–Trinajstić information content (AvgIpc) is 3.65. The van der Waals surface area contributed by atoms with E-state index in [0.717, 1.165) is 60.1 Å². The number of amides is 1. The van der Waals surface area contributed by atoms with Crippen LogP contribution >= 0.6 is 0 Å². The maximum Gasteiger partial charge on any atom is 0.439 e. The minimum atomic E-state index is -0.583. The SMILES string of the molecule is CN1CCC(CNC(=O)Cn2c(-c3ccccc3)c(C3CCCCC3)c3ccc(-c4noc(=O)[nH]4)cc32)C1. The third kappa shape index (κ3) is 4.92. The Morgan fingerprint density at radius 1 is 1.08 bits per heavy atom. The molecule has 2 N–H and O–H groups in total. The van der Waals surface area contributed by atoms with Crippen molar-refractivity contribution < 1.29 is 9.32 Å². The molecule has 0 bridgehead atoms. The number of nitrogens with one attached hydrogen (secondary N) is 2. The molecule has 4 aromatic rings. The number of aromatic amines is 1. The Labute approximate surface area is 222 Å². The fourth-order valence-corrected chi connectivity index (χ4v) is 6.40. The predicted molar refractivity (Wildman–Crippen MR) is 148 cm³/mol. The lowest BCUT2D eigenvalue weighted by atomic mass is 9.82. The van der Waals surface area contributed by atoms with Gasteiger partial charge in [0.15, 0.2) is 5.82 Å². The maximum atomic E-state index is 13.4. The number of carbonyl (C=O) groups excluding carboxylic acids is 1. The van der Waals surface area contributed by atoms with Crippen LogP contribution in [0.3, 0.4) is 0 Å². The monoisotopic (exact) mass is 513 g/mol. The van der Waals surface area contributed by atoms with Crippen LogP contribution in [-0.4, -0.2) is 52.2 Å². The van der Waals surface area contributed by atoms with Crippen LogP contribution in [0.4, 0.5) is 0 Å². The lowest BCUT2D eigenvalue weighted by Crippen LogP contribution is -2.33. The zero-order chi connectivity index (χ0) is 26.1. The molecule has 3 heterocycles. The molecule has 198 valence electrons. The van der Waals surface area contributed by atoms with Crippen LogP contribution in [0.2, 0.25) is 0 Å². The highest BCUT2D eigenvalue weighted by Gasteiger charge is 2.28. The fraction of sp³-hybridized carbons (Fsp3) is 0.433. The zero-order valence-corrected chi connectivity index (χ0v) is 21.9. The van der Waals surface area contributed by atoms with Crippen LogP contribution < -0.4 is 11.1 Å². The van der Waals surface area contributed by atoms with Gasteiger partial charge in [0.2, 0.25) is 5.91 Å². The molecule has 0 radical (unpaired) electrons. The van der Waals surface area contributed by atoms with E-state index in [-0.39, 0.29) is 12.5 Å². The summed E-state index contributed by atoms with van der Waals surface area (Å²) in [5.74, 6) is 0.758. The smallest absolute Gasteiger partial charge is 0.354 e. The van der Waals surface area contributed by atoms with Gasteiger partial charge in [0.1, 0.15) is 6.54 Å². The van der Waals surface area contributed by atoms with Gasteiger partial charge in [-0.3, -0.25) is 14.3 Å². The molecule has 38 heavy (non-hydrogen) atoms. The standard InChI is InChI=1S/C30H35N5O3/c1-34-15-14-20(18-34)17-31-26(36)19-35-25-16-23(29-32-30(37)38-33-29)12-13-24(25)27(21-8-4-2-5-9-21)28(35)22-10-6-3-7-11-22/h3,6-7,10-13,16,20-21H,2,4-5,8-9,14-15,17-19H2,1H3,(H,31,36)(H,32,33,37). The van der Waals surface area contributed by atoms with E-state index in [1.807, 2.05) is 18.2 Å². The van der Waals surface area contributed by atoms with Crippen LogP contribution in [0.25, 0.3) is 33.5 Å². The van der Waals surface area contributed by atoms with Crippen molar-refractivity contribution in [1.29, 1.82) is 0 Å². The highest BCUT2D eigenvalue weighted by Crippen LogP contribution is 2.44. The molecule has 6 rings (SSSR count). The molecule has 2 aromatic heterocycles. The van der Waals surface area contributed by atoms with Gasteiger partial charge in [-0.2, -0.15) is 0 Å². The molecule has 1 unspecified atom stereocenters. The van der Waals surface area contributed by atoms with E-state index in [0.29, 0.717) is 24.2 Å². The number of nitrogens with zero attached hydrogens (tertiary/aromatic N) is 3. The Morgan fingerprint density at radius 3 is 2.61 bits per heavy atom. The van der Waals surface area contributed by atoms with Crippen molar-refractivity contribution in [1.82, 2.24) is 24.9 Å². The van der Waals surface area contributed by atoms with Gasteiger partial charge in [0.05, 0.1) is 11.2 Å². The molecular formula is C30H35N5O3. The number of benzene rings is 2. The molecular weight excluding hydrogens is 478 g/mol. The largest absolute Gasteiger partial charge is 0.439 e. The highest BCUT2D eigenvalue weighted by molar-refractivity contribution is 5.96.